The van der Waals surface area contributed by atoms with Crippen LogP contribution in [-0.4, -0.2) is 17.9 Å². The molecule has 0 radical (unpaired) electrons. The van der Waals surface area contributed by atoms with Gasteiger partial charge in [-0.15, -0.1) is 0 Å². The number of hydrogen-bond donors (Lipinski definition) is 2. The van der Waals surface area contributed by atoms with Crippen LogP contribution in [0.2, 0.25) is 0 Å². The predicted molar refractivity (Wildman–Crippen MR) is 49.7 cm³/mol. The summed E-state index contributed by atoms with van der Waals surface area (Å²) in [4.78, 5) is 9.59. The molecule has 0 heterocycles. The van der Waals surface area contributed by atoms with Crippen LogP contribution in [0.4, 0.5) is 11.4 Å². The highest BCUT2D eigenvalue weighted by molar-refractivity contribution is 7.81. The van der Waals surface area contributed by atoms with Gasteiger partial charge in [0, 0.05) is 12.1 Å². The number of anilines is 1. The Hall–Kier alpha value is -1.87. The average Bonchev–Trinajstić information content (AvgIpc) is 2.05. The quantitative estimate of drug-likeness (QED) is 0.333. The third-order valence-electron chi connectivity index (χ3n) is 1.40. The van der Waals surface area contributed by atoms with Gasteiger partial charge in [0.15, 0.2) is 5.75 Å². The monoisotopic (exact) mass is 234 g/mol. The van der Waals surface area contributed by atoms with E-state index in [2.05, 4.69) is 4.18 Å². The van der Waals surface area contributed by atoms with Gasteiger partial charge in [0.25, 0.3) is 5.69 Å². The van der Waals surface area contributed by atoms with Crippen LogP contribution in [0.15, 0.2) is 18.2 Å². The lowest BCUT2D eigenvalue weighted by Gasteiger charge is -2.03. The van der Waals surface area contributed by atoms with Gasteiger partial charge in [-0.3, -0.25) is 14.7 Å². The van der Waals surface area contributed by atoms with Gasteiger partial charge in [0.1, 0.15) is 0 Å². The zero-order valence-electron chi connectivity index (χ0n) is 7.15. The molecule has 8 nitrogen and oxygen atoms in total. The SMILES string of the molecule is Nc1cc([N+](=O)[O-])ccc1OS(=O)(=O)O. The largest absolute Gasteiger partial charge is 0.446 e. The summed E-state index contributed by atoms with van der Waals surface area (Å²) < 4.78 is 33.0. The van der Waals surface area contributed by atoms with Crippen molar-refractivity contribution in [2.45, 2.75) is 0 Å². The number of rotatable bonds is 3. The highest BCUT2D eigenvalue weighted by Gasteiger charge is 2.13. The van der Waals surface area contributed by atoms with E-state index < -0.39 is 15.3 Å². The minimum absolute atomic E-state index is 0.262. The lowest BCUT2D eigenvalue weighted by atomic mass is 10.2. The van der Waals surface area contributed by atoms with Gasteiger partial charge < -0.3 is 9.92 Å². The molecule has 0 saturated heterocycles. The van der Waals surface area contributed by atoms with Gasteiger partial charge in [-0.25, -0.2) is 0 Å². The van der Waals surface area contributed by atoms with Crippen molar-refractivity contribution in [1.82, 2.24) is 0 Å². The average molecular weight is 234 g/mol. The zero-order chi connectivity index (χ0) is 11.6. The van der Waals surface area contributed by atoms with E-state index in [4.69, 9.17) is 10.3 Å². The van der Waals surface area contributed by atoms with Crippen molar-refractivity contribution in [3.8, 4) is 5.75 Å². The number of nitrogens with zero attached hydrogens (tertiary/aromatic N) is 1. The molecule has 0 aliphatic heterocycles. The number of nitrogen functional groups attached to an aromatic ring is 1. The first-order chi connectivity index (χ1) is 6.79. The van der Waals surface area contributed by atoms with Gasteiger partial charge >= 0.3 is 10.4 Å². The maximum atomic E-state index is 10.3. The molecule has 0 fully saturated rings. The summed E-state index contributed by atoms with van der Waals surface area (Å²) in [5, 5.41) is 10.3. The highest BCUT2D eigenvalue weighted by atomic mass is 32.3. The summed E-state index contributed by atoms with van der Waals surface area (Å²) in [5.41, 5.74) is 4.69. The maximum absolute atomic E-state index is 10.3. The normalized spacial score (nSPS) is 11.0. The van der Waals surface area contributed by atoms with E-state index in [0.717, 1.165) is 18.2 Å². The van der Waals surface area contributed by atoms with Crippen molar-refractivity contribution in [3.63, 3.8) is 0 Å². The fourth-order valence-electron chi connectivity index (χ4n) is 0.839. The van der Waals surface area contributed by atoms with E-state index in [-0.39, 0.29) is 17.1 Å². The lowest BCUT2D eigenvalue weighted by molar-refractivity contribution is -0.384. The van der Waals surface area contributed by atoms with Gasteiger partial charge in [-0.1, -0.05) is 0 Å². The molecule has 0 bridgehead atoms. The molecule has 1 aromatic carbocycles. The van der Waals surface area contributed by atoms with E-state index >= 15 is 0 Å². The number of hydrogen-bond acceptors (Lipinski definition) is 6. The van der Waals surface area contributed by atoms with E-state index in [9.17, 15) is 18.5 Å². The number of nitrogens with two attached hydrogens (primary N) is 1. The Morgan fingerprint density at radius 3 is 2.47 bits per heavy atom. The van der Waals surface area contributed by atoms with Crippen LogP contribution < -0.4 is 9.92 Å². The Bertz CT molecular complexity index is 496. The van der Waals surface area contributed by atoms with Crippen LogP contribution in [0.5, 0.6) is 5.75 Å². The molecule has 0 amide bonds. The standard InChI is InChI=1S/C6H6N2O6S/c7-5-3-4(8(9)10)1-2-6(5)14-15(11,12)13/h1-3H,7H2,(H,11,12,13). The van der Waals surface area contributed by atoms with Crippen LogP contribution in [0, 0.1) is 10.1 Å². The number of nitro benzene ring substituents is 1. The molecule has 0 unspecified atom stereocenters. The molecular weight excluding hydrogens is 228 g/mol. The van der Waals surface area contributed by atoms with Gasteiger partial charge in [-0.2, -0.15) is 8.42 Å². The van der Waals surface area contributed by atoms with E-state index in [1.807, 2.05) is 0 Å². The van der Waals surface area contributed by atoms with Crippen LogP contribution in [-0.2, 0) is 10.4 Å². The minimum atomic E-state index is -4.68. The molecule has 82 valence electrons. The van der Waals surface area contributed by atoms with E-state index in [0.29, 0.717) is 0 Å². The summed E-state index contributed by atoms with van der Waals surface area (Å²) in [6, 6.07) is 2.89. The Morgan fingerprint density at radius 2 is 2.07 bits per heavy atom. The Labute approximate surface area is 84.4 Å². The van der Waals surface area contributed by atoms with Gasteiger partial charge in [0.05, 0.1) is 10.6 Å². The summed E-state index contributed by atoms with van der Waals surface area (Å²) in [7, 11) is -4.68. The summed E-state index contributed by atoms with van der Waals surface area (Å²) in [6.45, 7) is 0. The lowest BCUT2D eigenvalue weighted by Crippen LogP contribution is -2.08. The first-order valence-corrected chi connectivity index (χ1v) is 4.87. The first-order valence-electron chi connectivity index (χ1n) is 3.50. The van der Waals surface area contributed by atoms with Crippen molar-refractivity contribution in [2.75, 3.05) is 5.73 Å². The third-order valence-corrected chi connectivity index (χ3v) is 1.79. The van der Waals surface area contributed by atoms with Crippen LogP contribution in [0.1, 0.15) is 0 Å². The Balaban J connectivity index is 3.09. The van der Waals surface area contributed by atoms with Crippen molar-refractivity contribution in [1.29, 1.82) is 0 Å². The molecular formula is C6H6N2O6S. The van der Waals surface area contributed by atoms with E-state index in [1.165, 1.54) is 0 Å². The maximum Gasteiger partial charge on any atom is 0.446 e. The minimum Gasteiger partial charge on any atom is -0.395 e. The van der Waals surface area contributed by atoms with Gasteiger partial charge in [0.2, 0.25) is 0 Å². The number of non-ortho nitro benzene ring substituents is 1. The molecule has 15 heavy (non-hydrogen) atoms. The van der Waals surface area contributed by atoms with Crippen LogP contribution in [0.25, 0.3) is 0 Å². The molecule has 9 heteroatoms. The van der Waals surface area contributed by atoms with Crippen molar-refractivity contribution >= 4 is 21.8 Å². The predicted octanol–water partition coefficient (Wildman–Crippen LogP) is 0.359. The third kappa shape index (κ3) is 3.07. The first kappa shape index (κ1) is 11.2. The fourth-order valence-corrected chi connectivity index (χ4v) is 1.22. The summed E-state index contributed by atoms with van der Waals surface area (Å²) in [5.74, 6) is -0.372. The smallest absolute Gasteiger partial charge is 0.395 e. The Morgan fingerprint density at radius 1 is 1.47 bits per heavy atom. The molecule has 0 saturated carbocycles. The molecule has 1 aromatic rings. The topological polar surface area (TPSA) is 133 Å². The second-order valence-corrected chi connectivity index (χ2v) is 3.51. The molecule has 0 spiro atoms. The summed E-state index contributed by atoms with van der Waals surface area (Å²) >= 11 is 0. The second kappa shape index (κ2) is 3.71. The number of benzene rings is 1. The molecule has 0 aliphatic rings. The van der Waals surface area contributed by atoms with Crippen molar-refractivity contribution in [2.24, 2.45) is 0 Å². The van der Waals surface area contributed by atoms with E-state index in [1.54, 1.807) is 0 Å². The molecule has 0 aliphatic carbocycles. The molecule has 1 rings (SSSR count). The van der Waals surface area contributed by atoms with Crippen LogP contribution >= 0.6 is 0 Å². The highest BCUT2D eigenvalue weighted by Crippen LogP contribution is 2.26. The molecule has 0 aromatic heterocycles. The Kier molecular flexibility index (Phi) is 2.77. The second-order valence-electron chi connectivity index (χ2n) is 2.49. The van der Waals surface area contributed by atoms with Crippen LogP contribution in [0.3, 0.4) is 0 Å². The number of nitro groups is 1. The van der Waals surface area contributed by atoms with Crippen molar-refractivity contribution < 1.29 is 22.1 Å². The molecule has 3 N–H and O–H groups in total. The van der Waals surface area contributed by atoms with Gasteiger partial charge in [-0.05, 0) is 6.07 Å². The zero-order valence-corrected chi connectivity index (χ0v) is 7.97. The molecule has 0 atom stereocenters. The fraction of sp³-hybridized carbons (Fsp3) is 0. The van der Waals surface area contributed by atoms with Crippen molar-refractivity contribution in [3.05, 3.63) is 28.3 Å². The summed E-state index contributed by atoms with van der Waals surface area (Å²) in [6.07, 6.45) is 0.